The topological polar surface area (TPSA) is 68.0 Å². The number of nitrogens with one attached hydrogen (secondary N) is 1. The first kappa shape index (κ1) is 10.9. The number of nitrogens with two attached hydrogens (primary N) is 1. The normalized spacial score (nSPS) is 10.6. The van der Waals surface area contributed by atoms with Gasteiger partial charge in [0.15, 0.2) is 5.13 Å². The number of carbonyl (C=O) groups is 1. The van der Waals surface area contributed by atoms with Crippen LogP contribution in [-0.4, -0.2) is 17.4 Å². The van der Waals surface area contributed by atoms with Crippen LogP contribution >= 0.6 is 11.3 Å². The van der Waals surface area contributed by atoms with E-state index in [0.717, 1.165) is 15.3 Å². The summed E-state index contributed by atoms with van der Waals surface area (Å²) < 4.78 is 1.15. The number of aromatic nitrogens is 1. The fraction of sp³-hybridized carbons (Fsp3) is 0.273. The summed E-state index contributed by atoms with van der Waals surface area (Å²) in [7, 11) is 0. The van der Waals surface area contributed by atoms with Crippen LogP contribution in [0.25, 0.3) is 10.2 Å². The molecule has 0 saturated carbocycles. The summed E-state index contributed by atoms with van der Waals surface area (Å²) in [4.78, 5) is 15.0. The van der Waals surface area contributed by atoms with Crippen molar-refractivity contribution >= 4 is 32.6 Å². The number of nitrogens with zero attached hydrogens (tertiary/aromatic N) is 1. The van der Waals surface area contributed by atoms with Gasteiger partial charge in [-0.1, -0.05) is 17.4 Å². The number of carbonyl (C=O) groups excluding carboxylic acids is 1. The molecule has 0 aliphatic heterocycles. The summed E-state index contributed by atoms with van der Waals surface area (Å²) in [5.41, 5.74) is 7.26. The number of hydrogen-bond acceptors (Lipinski definition) is 4. The summed E-state index contributed by atoms with van der Waals surface area (Å²) >= 11 is 1.59. The smallest absolute Gasteiger partial charge is 0.219 e. The maximum Gasteiger partial charge on any atom is 0.219 e. The highest BCUT2D eigenvalue weighted by molar-refractivity contribution is 7.22. The van der Waals surface area contributed by atoms with Gasteiger partial charge in [0.25, 0.3) is 0 Å². The number of anilines is 1. The van der Waals surface area contributed by atoms with E-state index < -0.39 is 0 Å². The second-order valence-electron chi connectivity index (χ2n) is 3.63. The molecule has 1 amide bonds. The molecule has 2 rings (SSSR count). The van der Waals surface area contributed by atoms with Crippen LogP contribution < -0.4 is 11.1 Å². The van der Waals surface area contributed by atoms with Gasteiger partial charge in [-0.2, -0.15) is 0 Å². The largest absolute Gasteiger partial charge is 0.370 e. The maximum absolute atomic E-state index is 10.6. The van der Waals surface area contributed by atoms with Gasteiger partial charge in [0.2, 0.25) is 5.91 Å². The molecule has 0 unspecified atom stereocenters. The average Bonchev–Trinajstić information content (AvgIpc) is 2.58. The molecule has 84 valence electrons. The van der Waals surface area contributed by atoms with E-state index in [0.29, 0.717) is 13.0 Å². The highest BCUT2D eigenvalue weighted by Gasteiger charge is 2.03. The van der Waals surface area contributed by atoms with Gasteiger partial charge in [0.05, 0.1) is 10.2 Å². The molecule has 0 aliphatic rings. The van der Waals surface area contributed by atoms with Crippen LogP contribution in [0.1, 0.15) is 12.0 Å². The van der Waals surface area contributed by atoms with Crippen LogP contribution in [0, 0.1) is 6.92 Å². The minimum absolute atomic E-state index is 0.301. The van der Waals surface area contributed by atoms with Crippen molar-refractivity contribution in [2.75, 3.05) is 11.9 Å². The molecule has 0 aliphatic carbocycles. The van der Waals surface area contributed by atoms with Crippen molar-refractivity contribution in [3.63, 3.8) is 0 Å². The van der Waals surface area contributed by atoms with Crippen LogP contribution in [0.15, 0.2) is 18.2 Å². The quantitative estimate of drug-likeness (QED) is 0.850. The van der Waals surface area contributed by atoms with Gasteiger partial charge in [-0.05, 0) is 24.6 Å². The van der Waals surface area contributed by atoms with E-state index in [1.54, 1.807) is 11.3 Å². The minimum atomic E-state index is -0.301. The second-order valence-corrected chi connectivity index (χ2v) is 4.66. The summed E-state index contributed by atoms with van der Waals surface area (Å²) in [6.45, 7) is 2.59. The third-order valence-electron chi connectivity index (χ3n) is 2.19. The number of primary amides is 1. The van der Waals surface area contributed by atoms with Gasteiger partial charge >= 0.3 is 0 Å². The zero-order valence-corrected chi connectivity index (χ0v) is 9.80. The number of thiazole rings is 1. The molecule has 1 aromatic carbocycles. The average molecular weight is 235 g/mol. The lowest BCUT2D eigenvalue weighted by Crippen LogP contribution is -2.15. The Labute approximate surface area is 97.5 Å². The van der Waals surface area contributed by atoms with Crippen molar-refractivity contribution in [2.45, 2.75) is 13.3 Å². The third-order valence-corrected chi connectivity index (χ3v) is 3.17. The van der Waals surface area contributed by atoms with Crippen LogP contribution in [0.5, 0.6) is 0 Å². The fourth-order valence-electron chi connectivity index (χ4n) is 1.40. The highest BCUT2D eigenvalue weighted by Crippen LogP contribution is 2.26. The standard InChI is InChI=1S/C11H13N3OS/c1-7-2-3-8-9(6-7)16-11(14-8)13-5-4-10(12)15/h2-3,6H,4-5H2,1H3,(H2,12,15)(H,13,14). The Hall–Kier alpha value is -1.62. The number of rotatable bonds is 4. The number of benzene rings is 1. The minimum Gasteiger partial charge on any atom is -0.370 e. The molecule has 1 aromatic heterocycles. The molecule has 16 heavy (non-hydrogen) atoms. The zero-order valence-electron chi connectivity index (χ0n) is 8.99. The van der Waals surface area contributed by atoms with Crippen LogP contribution in [-0.2, 0) is 4.79 Å². The molecule has 0 saturated heterocycles. The number of amides is 1. The lowest BCUT2D eigenvalue weighted by Gasteiger charge is -1.97. The number of fused-ring (bicyclic) bond motifs is 1. The van der Waals surface area contributed by atoms with Gasteiger partial charge in [-0.15, -0.1) is 0 Å². The Morgan fingerprint density at radius 3 is 3.12 bits per heavy atom. The Balaban J connectivity index is 2.10. The fourth-order valence-corrected chi connectivity index (χ4v) is 2.39. The van der Waals surface area contributed by atoms with Crippen LogP contribution in [0.2, 0.25) is 0 Å². The summed E-state index contributed by atoms with van der Waals surface area (Å²) in [5.74, 6) is -0.301. The Morgan fingerprint density at radius 2 is 2.38 bits per heavy atom. The van der Waals surface area contributed by atoms with Crippen molar-refractivity contribution in [3.05, 3.63) is 23.8 Å². The first-order chi connectivity index (χ1) is 7.65. The van der Waals surface area contributed by atoms with E-state index in [1.165, 1.54) is 5.56 Å². The van der Waals surface area contributed by atoms with Crippen molar-refractivity contribution in [3.8, 4) is 0 Å². The highest BCUT2D eigenvalue weighted by atomic mass is 32.1. The first-order valence-corrected chi connectivity index (χ1v) is 5.86. The van der Waals surface area contributed by atoms with Gasteiger partial charge < -0.3 is 11.1 Å². The maximum atomic E-state index is 10.6. The van der Waals surface area contributed by atoms with Crippen molar-refractivity contribution in [1.29, 1.82) is 0 Å². The molecule has 4 nitrogen and oxygen atoms in total. The Bertz CT molecular complexity index is 521. The van der Waals surface area contributed by atoms with Crippen molar-refractivity contribution < 1.29 is 4.79 Å². The molecule has 0 atom stereocenters. The second kappa shape index (κ2) is 4.49. The Morgan fingerprint density at radius 1 is 1.56 bits per heavy atom. The molecule has 5 heteroatoms. The SMILES string of the molecule is Cc1ccc2nc(NCCC(N)=O)sc2c1. The number of aryl methyl sites for hydroxylation is 1. The molecule has 0 radical (unpaired) electrons. The lowest BCUT2D eigenvalue weighted by molar-refractivity contribution is -0.117. The van der Waals surface area contributed by atoms with Gasteiger partial charge in [-0.25, -0.2) is 4.98 Å². The molecule has 2 aromatic rings. The van der Waals surface area contributed by atoms with E-state index in [9.17, 15) is 4.79 Å². The van der Waals surface area contributed by atoms with Gasteiger partial charge in [-0.3, -0.25) is 4.79 Å². The third kappa shape index (κ3) is 2.49. The summed E-state index contributed by atoms with van der Waals surface area (Å²) in [6.07, 6.45) is 0.328. The molecule has 0 spiro atoms. The van der Waals surface area contributed by atoms with Crippen LogP contribution in [0.4, 0.5) is 5.13 Å². The molecule has 0 bridgehead atoms. The van der Waals surface area contributed by atoms with Gasteiger partial charge in [0, 0.05) is 13.0 Å². The zero-order chi connectivity index (χ0) is 11.5. The van der Waals surface area contributed by atoms with E-state index in [-0.39, 0.29) is 5.91 Å². The van der Waals surface area contributed by atoms with Gasteiger partial charge in [0.1, 0.15) is 0 Å². The van der Waals surface area contributed by atoms with Crippen LogP contribution in [0.3, 0.4) is 0 Å². The van der Waals surface area contributed by atoms with Crippen molar-refractivity contribution in [1.82, 2.24) is 4.98 Å². The van der Waals surface area contributed by atoms with E-state index in [1.807, 2.05) is 12.1 Å². The predicted octanol–water partition coefficient (Wildman–Crippen LogP) is 1.89. The molecular weight excluding hydrogens is 222 g/mol. The summed E-state index contributed by atoms with van der Waals surface area (Å²) in [6, 6.07) is 6.14. The monoisotopic (exact) mass is 235 g/mol. The van der Waals surface area contributed by atoms with Crippen molar-refractivity contribution in [2.24, 2.45) is 5.73 Å². The lowest BCUT2D eigenvalue weighted by atomic mass is 10.2. The molecule has 3 N–H and O–H groups in total. The molecule has 0 fully saturated rings. The summed E-state index contributed by atoms with van der Waals surface area (Å²) in [5, 5.41) is 3.93. The number of hydrogen-bond donors (Lipinski definition) is 2. The first-order valence-electron chi connectivity index (χ1n) is 5.04. The molecular formula is C11H13N3OS. The van der Waals surface area contributed by atoms with E-state index >= 15 is 0 Å². The van der Waals surface area contributed by atoms with E-state index in [4.69, 9.17) is 5.73 Å². The molecule has 1 heterocycles. The predicted molar refractivity (Wildman–Crippen MR) is 66.7 cm³/mol. The Kier molecular flexibility index (Phi) is 3.05. The van der Waals surface area contributed by atoms with E-state index in [2.05, 4.69) is 23.3 Å².